The van der Waals surface area contributed by atoms with Crippen LogP contribution in [0.1, 0.15) is 15.9 Å². The van der Waals surface area contributed by atoms with Gasteiger partial charge in [-0.1, -0.05) is 24.3 Å². The Morgan fingerprint density at radius 2 is 2.07 bits per heavy atom. The average molecular weight is 196 g/mol. The first-order valence-electron chi connectivity index (χ1n) is 4.36. The van der Waals surface area contributed by atoms with E-state index in [-0.39, 0.29) is 5.56 Å². The van der Waals surface area contributed by atoms with E-state index in [1.54, 1.807) is 30.3 Å². The molecule has 2 aromatic rings. The van der Waals surface area contributed by atoms with E-state index in [0.29, 0.717) is 10.9 Å². The van der Waals surface area contributed by atoms with Crippen LogP contribution in [0, 0.1) is 11.3 Å². The fourth-order valence-electron chi connectivity index (χ4n) is 1.53. The van der Waals surface area contributed by atoms with Gasteiger partial charge >= 0.3 is 0 Å². The van der Waals surface area contributed by atoms with Crippen LogP contribution in [0.5, 0.6) is 0 Å². The highest BCUT2D eigenvalue weighted by Crippen LogP contribution is 2.19. The van der Waals surface area contributed by atoms with Crippen molar-refractivity contribution < 1.29 is 9.90 Å². The molecule has 2 aromatic carbocycles. The average Bonchev–Trinajstić information content (AvgIpc) is 2.27. The lowest BCUT2D eigenvalue weighted by Gasteiger charge is -2.06. The lowest BCUT2D eigenvalue weighted by atomic mass is 10.0. The first-order valence-corrected chi connectivity index (χ1v) is 4.36. The molecule has 0 saturated heterocycles. The van der Waals surface area contributed by atoms with Crippen molar-refractivity contribution in [3.05, 3.63) is 47.5 Å². The second-order valence-electron chi connectivity index (χ2n) is 3.14. The molecule has 3 nitrogen and oxygen atoms in total. The van der Waals surface area contributed by atoms with Gasteiger partial charge in [0.2, 0.25) is 0 Å². The monoisotopic (exact) mass is 196 g/mol. The van der Waals surface area contributed by atoms with Crippen LogP contribution in [0.25, 0.3) is 10.8 Å². The van der Waals surface area contributed by atoms with E-state index >= 15 is 0 Å². The van der Waals surface area contributed by atoms with Gasteiger partial charge in [0.25, 0.3) is 0 Å². The van der Waals surface area contributed by atoms with Crippen LogP contribution in [0.4, 0.5) is 0 Å². The smallest absolute Gasteiger partial charge is 0.0991 e. The van der Waals surface area contributed by atoms with Crippen LogP contribution >= 0.6 is 0 Å². The number of rotatable bonds is 1. The Morgan fingerprint density at radius 1 is 1.27 bits per heavy atom. The number of aromatic carboxylic acids is 1. The van der Waals surface area contributed by atoms with E-state index in [2.05, 4.69) is 0 Å². The zero-order valence-corrected chi connectivity index (χ0v) is 7.73. The van der Waals surface area contributed by atoms with Crippen LogP contribution in [0.15, 0.2) is 36.4 Å². The molecule has 0 aliphatic rings. The third kappa shape index (κ3) is 1.53. The van der Waals surface area contributed by atoms with Gasteiger partial charge in [-0.3, -0.25) is 0 Å². The lowest BCUT2D eigenvalue weighted by Crippen LogP contribution is -2.22. The van der Waals surface area contributed by atoms with Gasteiger partial charge in [-0.05, 0) is 22.9 Å². The van der Waals surface area contributed by atoms with Crippen molar-refractivity contribution in [2.45, 2.75) is 0 Å². The molecule has 0 fully saturated rings. The van der Waals surface area contributed by atoms with Gasteiger partial charge in [0.15, 0.2) is 0 Å². The van der Waals surface area contributed by atoms with Crippen LogP contribution < -0.4 is 5.11 Å². The normalized spacial score (nSPS) is 9.80. The van der Waals surface area contributed by atoms with Crippen LogP contribution in [0.3, 0.4) is 0 Å². The summed E-state index contributed by atoms with van der Waals surface area (Å²) in [5.41, 5.74) is 0.662. The third-order valence-corrected chi connectivity index (χ3v) is 2.23. The summed E-state index contributed by atoms with van der Waals surface area (Å²) in [6, 6.07) is 11.8. The number of hydrogen-bond acceptors (Lipinski definition) is 3. The minimum atomic E-state index is -1.20. The van der Waals surface area contributed by atoms with Crippen LogP contribution in [0.2, 0.25) is 0 Å². The van der Waals surface area contributed by atoms with Crippen molar-refractivity contribution in [1.82, 2.24) is 0 Å². The molecule has 0 aliphatic carbocycles. The molecule has 2 rings (SSSR count). The van der Waals surface area contributed by atoms with E-state index < -0.39 is 5.97 Å². The predicted octanol–water partition coefficient (Wildman–Crippen LogP) is 1.07. The van der Waals surface area contributed by atoms with Crippen molar-refractivity contribution in [1.29, 1.82) is 5.26 Å². The summed E-state index contributed by atoms with van der Waals surface area (Å²) in [7, 11) is 0. The second-order valence-corrected chi connectivity index (χ2v) is 3.14. The van der Waals surface area contributed by atoms with Gasteiger partial charge in [0.05, 0.1) is 17.6 Å². The number of benzene rings is 2. The van der Waals surface area contributed by atoms with Crippen LogP contribution in [-0.4, -0.2) is 5.97 Å². The highest BCUT2D eigenvalue weighted by molar-refractivity contribution is 6.02. The molecular formula is C12H6NO2-. The van der Waals surface area contributed by atoms with E-state index in [0.717, 1.165) is 5.39 Å². The van der Waals surface area contributed by atoms with Crippen molar-refractivity contribution in [3.63, 3.8) is 0 Å². The molecule has 0 heterocycles. The molecule has 0 N–H and O–H groups in total. The van der Waals surface area contributed by atoms with Gasteiger partial charge in [-0.25, -0.2) is 0 Å². The number of nitrogens with zero attached hydrogens (tertiary/aromatic N) is 1. The lowest BCUT2D eigenvalue weighted by molar-refractivity contribution is -0.254. The molecule has 72 valence electrons. The topological polar surface area (TPSA) is 63.9 Å². The molecule has 0 amide bonds. The maximum Gasteiger partial charge on any atom is 0.0991 e. The zero-order valence-electron chi connectivity index (χ0n) is 7.73. The minimum absolute atomic E-state index is 0.150. The summed E-state index contributed by atoms with van der Waals surface area (Å²) in [6.07, 6.45) is 0. The summed E-state index contributed by atoms with van der Waals surface area (Å²) in [6.45, 7) is 0. The molecule has 0 saturated carbocycles. The molecule has 0 aromatic heterocycles. The molecule has 0 aliphatic heterocycles. The Bertz CT molecular complexity index is 582. The molecular weight excluding hydrogens is 190 g/mol. The number of fused-ring (bicyclic) bond motifs is 1. The molecule has 0 spiro atoms. The van der Waals surface area contributed by atoms with Gasteiger partial charge in [0.1, 0.15) is 0 Å². The van der Waals surface area contributed by atoms with E-state index in [1.165, 1.54) is 6.07 Å². The highest BCUT2D eigenvalue weighted by Gasteiger charge is 2.01. The first kappa shape index (κ1) is 9.22. The molecule has 3 heteroatoms. The predicted molar refractivity (Wildman–Crippen MR) is 53.0 cm³/mol. The van der Waals surface area contributed by atoms with Gasteiger partial charge in [-0.2, -0.15) is 5.26 Å². The molecule has 0 radical (unpaired) electrons. The van der Waals surface area contributed by atoms with E-state index in [1.807, 2.05) is 6.07 Å². The number of carbonyl (C=O) groups excluding carboxylic acids is 1. The third-order valence-electron chi connectivity index (χ3n) is 2.23. The quantitative estimate of drug-likeness (QED) is 0.685. The Balaban J connectivity index is 2.79. The fraction of sp³-hybridized carbons (Fsp3) is 0. The molecule has 0 atom stereocenters. The zero-order chi connectivity index (χ0) is 10.8. The Kier molecular flexibility index (Phi) is 2.11. The maximum absolute atomic E-state index is 10.8. The molecule has 0 unspecified atom stereocenters. The summed E-state index contributed by atoms with van der Waals surface area (Å²) in [5, 5.41) is 20.8. The maximum atomic E-state index is 10.8. The highest BCUT2D eigenvalue weighted by atomic mass is 16.4. The SMILES string of the molecule is N#Cc1ccc2c(C(=O)[O-])cccc2c1. The van der Waals surface area contributed by atoms with E-state index in [9.17, 15) is 9.90 Å². The number of carboxylic acids is 1. The number of hydrogen-bond donors (Lipinski definition) is 0. The number of carboxylic acid groups (broad SMARTS) is 1. The fourth-order valence-corrected chi connectivity index (χ4v) is 1.53. The van der Waals surface area contributed by atoms with Crippen molar-refractivity contribution in [2.24, 2.45) is 0 Å². The molecule has 15 heavy (non-hydrogen) atoms. The van der Waals surface area contributed by atoms with E-state index in [4.69, 9.17) is 5.26 Å². The number of nitriles is 1. The van der Waals surface area contributed by atoms with Gasteiger partial charge < -0.3 is 9.90 Å². The second kappa shape index (κ2) is 3.43. The van der Waals surface area contributed by atoms with Crippen molar-refractivity contribution in [2.75, 3.05) is 0 Å². The van der Waals surface area contributed by atoms with Crippen molar-refractivity contribution >= 4 is 16.7 Å². The van der Waals surface area contributed by atoms with Gasteiger partial charge in [-0.15, -0.1) is 0 Å². The minimum Gasteiger partial charge on any atom is -0.545 e. The van der Waals surface area contributed by atoms with Gasteiger partial charge in [0, 0.05) is 5.56 Å². The first-order chi connectivity index (χ1) is 7.22. The largest absolute Gasteiger partial charge is 0.545 e. The summed E-state index contributed by atoms with van der Waals surface area (Å²) >= 11 is 0. The standard InChI is InChI=1S/C12H7NO2/c13-7-8-4-5-10-9(6-8)2-1-3-11(10)12(14)15/h1-6H,(H,14,15)/p-1. The summed E-state index contributed by atoms with van der Waals surface area (Å²) in [5.74, 6) is -1.20. The number of carbonyl (C=O) groups is 1. The van der Waals surface area contributed by atoms with Crippen LogP contribution in [-0.2, 0) is 0 Å². The molecule has 0 bridgehead atoms. The Hall–Kier alpha value is -2.34. The van der Waals surface area contributed by atoms with Crippen molar-refractivity contribution in [3.8, 4) is 6.07 Å². The summed E-state index contributed by atoms with van der Waals surface area (Å²) < 4.78 is 0. The Labute approximate surface area is 86.2 Å². The Morgan fingerprint density at radius 3 is 2.73 bits per heavy atom. The summed E-state index contributed by atoms with van der Waals surface area (Å²) in [4.78, 5) is 10.8.